The van der Waals surface area contributed by atoms with Crippen LogP contribution in [0.2, 0.25) is 0 Å². The van der Waals surface area contributed by atoms with E-state index in [1.54, 1.807) is 6.07 Å². The van der Waals surface area contributed by atoms with Gasteiger partial charge in [-0.2, -0.15) is 0 Å². The molecule has 98 valence electrons. The lowest BCUT2D eigenvalue weighted by atomic mass is 9.93. The third-order valence-corrected chi connectivity index (χ3v) is 4.18. The highest BCUT2D eigenvalue weighted by atomic mass is 79.9. The molecule has 4 nitrogen and oxygen atoms in total. The lowest BCUT2D eigenvalue weighted by Gasteiger charge is -2.27. The second-order valence-electron chi connectivity index (χ2n) is 4.37. The van der Waals surface area contributed by atoms with Gasteiger partial charge in [-0.15, -0.1) is 11.6 Å². The maximum absolute atomic E-state index is 11.0. The van der Waals surface area contributed by atoms with E-state index >= 15 is 0 Å². The monoisotopic (exact) mass is 333 g/mol. The second kappa shape index (κ2) is 5.99. The van der Waals surface area contributed by atoms with Crippen LogP contribution in [0.5, 0.6) is 0 Å². The van der Waals surface area contributed by atoms with Gasteiger partial charge in [-0.25, -0.2) is 0 Å². The highest BCUT2D eigenvalue weighted by Crippen LogP contribution is 2.30. The van der Waals surface area contributed by atoms with Gasteiger partial charge < -0.3 is 4.74 Å². The molecule has 0 amide bonds. The molecule has 0 aliphatic carbocycles. The molecule has 0 N–H and O–H groups in total. The topological polar surface area (TPSA) is 52.4 Å². The molecule has 1 aromatic rings. The minimum atomic E-state index is -0.354. The first-order valence-electron chi connectivity index (χ1n) is 5.72. The maximum atomic E-state index is 11.0. The van der Waals surface area contributed by atoms with Gasteiger partial charge in [0.2, 0.25) is 0 Å². The maximum Gasteiger partial charge on any atom is 0.273 e. The third-order valence-electron chi connectivity index (χ3n) is 3.11. The molecule has 1 aliphatic rings. The quantitative estimate of drug-likeness (QED) is 0.482. The number of alkyl halides is 1. The molecule has 6 heteroatoms. The van der Waals surface area contributed by atoms with E-state index in [2.05, 4.69) is 15.9 Å². The van der Waals surface area contributed by atoms with Crippen LogP contribution in [0.3, 0.4) is 0 Å². The first-order chi connectivity index (χ1) is 8.58. The fourth-order valence-corrected chi connectivity index (χ4v) is 2.72. The van der Waals surface area contributed by atoms with Crippen LogP contribution in [0.25, 0.3) is 0 Å². The van der Waals surface area contributed by atoms with Gasteiger partial charge in [-0.05, 0) is 18.9 Å². The molecule has 0 radical (unpaired) electrons. The van der Waals surface area contributed by atoms with Gasteiger partial charge in [0.25, 0.3) is 5.69 Å². The Labute approximate surface area is 119 Å². The number of rotatable bonds is 3. The molecule has 2 unspecified atom stereocenters. The van der Waals surface area contributed by atoms with Gasteiger partial charge in [0.15, 0.2) is 0 Å². The number of hydrogen-bond donors (Lipinski definition) is 0. The zero-order valence-corrected chi connectivity index (χ0v) is 12.0. The van der Waals surface area contributed by atoms with Crippen molar-refractivity contribution >= 4 is 33.2 Å². The van der Waals surface area contributed by atoms with E-state index in [9.17, 15) is 10.1 Å². The van der Waals surface area contributed by atoms with E-state index in [-0.39, 0.29) is 21.9 Å². The van der Waals surface area contributed by atoms with E-state index in [4.69, 9.17) is 16.3 Å². The van der Waals surface area contributed by atoms with Crippen molar-refractivity contribution in [3.05, 3.63) is 38.3 Å². The summed E-state index contributed by atoms with van der Waals surface area (Å²) in [5.41, 5.74) is 0.850. The van der Waals surface area contributed by atoms with Crippen molar-refractivity contribution in [1.29, 1.82) is 0 Å². The Morgan fingerprint density at radius 3 is 3.00 bits per heavy atom. The fraction of sp³-hybridized carbons (Fsp3) is 0.500. The molecular weight excluding hydrogens is 321 g/mol. The van der Waals surface area contributed by atoms with Crippen molar-refractivity contribution in [3.63, 3.8) is 0 Å². The van der Waals surface area contributed by atoms with Crippen LogP contribution in [0.4, 0.5) is 5.69 Å². The van der Waals surface area contributed by atoms with Gasteiger partial charge in [0.1, 0.15) is 0 Å². The van der Waals surface area contributed by atoms with E-state index in [1.165, 1.54) is 6.07 Å². The van der Waals surface area contributed by atoms with Crippen LogP contribution < -0.4 is 0 Å². The Bertz CT molecular complexity index is 455. The number of ether oxygens (including phenoxy) is 1. The average molecular weight is 335 g/mol. The average Bonchev–Trinajstić information content (AvgIpc) is 2.34. The SMILES string of the molecule is O=[N+]([O-])c1cc(Br)ccc1CC1COCCC1Cl. The van der Waals surface area contributed by atoms with Crippen LogP contribution in [-0.4, -0.2) is 23.5 Å². The van der Waals surface area contributed by atoms with E-state index in [0.29, 0.717) is 29.7 Å². The van der Waals surface area contributed by atoms with Crippen LogP contribution in [-0.2, 0) is 11.2 Å². The summed E-state index contributed by atoms with van der Waals surface area (Å²) < 4.78 is 6.09. The molecule has 2 atom stereocenters. The summed E-state index contributed by atoms with van der Waals surface area (Å²) in [6, 6.07) is 5.12. The molecule has 0 bridgehead atoms. The van der Waals surface area contributed by atoms with Crippen LogP contribution in [0.1, 0.15) is 12.0 Å². The molecule has 1 saturated heterocycles. The Balaban J connectivity index is 2.20. The predicted octanol–water partition coefficient (Wildman–Crippen LogP) is 3.54. The van der Waals surface area contributed by atoms with Gasteiger partial charge in [-0.3, -0.25) is 10.1 Å². The van der Waals surface area contributed by atoms with Crippen LogP contribution in [0, 0.1) is 16.0 Å². The summed E-state index contributed by atoms with van der Waals surface area (Å²) in [6.45, 7) is 1.24. The molecule has 0 spiro atoms. The van der Waals surface area contributed by atoms with Crippen LogP contribution in [0.15, 0.2) is 22.7 Å². The number of hydrogen-bond acceptors (Lipinski definition) is 3. The zero-order chi connectivity index (χ0) is 13.1. The lowest BCUT2D eigenvalue weighted by Crippen LogP contribution is -2.29. The van der Waals surface area contributed by atoms with E-state index < -0.39 is 0 Å². The number of nitro benzene ring substituents is 1. The Morgan fingerprint density at radius 2 is 2.33 bits per heavy atom. The number of halogens is 2. The molecule has 18 heavy (non-hydrogen) atoms. The Morgan fingerprint density at radius 1 is 1.56 bits per heavy atom. The molecule has 0 saturated carbocycles. The van der Waals surface area contributed by atoms with Gasteiger partial charge >= 0.3 is 0 Å². The van der Waals surface area contributed by atoms with Crippen molar-refractivity contribution in [2.75, 3.05) is 13.2 Å². The first kappa shape index (κ1) is 13.8. The second-order valence-corrected chi connectivity index (χ2v) is 5.85. The fourth-order valence-electron chi connectivity index (χ4n) is 2.12. The molecule has 0 aromatic heterocycles. The van der Waals surface area contributed by atoms with Gasteiger partial charge in [0, 0.05) is 34.0 Å². The Kier molecular flexibility index (Phi) is 4.59. The summed E-state index contributed by atoms with van der Waals surface area (Å²) in [5, 5.41) is 11.0. The van der Waals surface area contributed by atoms with Crippen LogP contribution >= 0.6 is 27.5 Å². The summed E-state index contributed by atoms with van der Waals surface area (Å²) in [5.74, 6) is 0.139. The summed E-state index contributed by atoms with van der Waals surface area (Å²) >= 11 is 9.48. The molecular formula is C12H13BrClNO3. The van der Waals surface area contributed by atoms with Crippen molar-refractivity contribution < 1.29 is 9.66 Å². The number of benzene rings is 1. The standard InChI is InChI=1S/C12H13BrClNO3/c13-10-2-1-8(12(6-10)15(16)17)5-9-7-18-4-3-11(9)14/h1-2,6,9,11H,3-5,7H2. The molecule has 1 aromatic carbocycles. The third kappa shape index (κ3) is 3.22. The van der Waals surface area contributed by atoms with Crippen molar-refractivity contribution in [2.24, 2.45) is 5.92 Å². The largest absolute Gasteiger partial charge is 0.381 e. The van der Waals surface area contributed by atoms with E-state index in [0.717, 1.165) is 6.42 Å². The summed E-state index contributed by atoms with van der Waals surface area (Å²) in [6.07, 6.45) is 1.38. The van der Waals surface area contributed by atoms with Crippen molar-refractivity contribution in [2.45, 2.75) is 18.2 Å². The minimum absolute atomic E-state index is 0.0296. The highest BCUT2D eigenvalue weighted by Gasteiger charge is 2.26. The molecule has 1 heterocycles. The normalized spacial score (nSPS) is 23.9. The zero-order valence-electron chi connectivity index (χ0n) is 9.64. The molecule has 2 rings (SSSR count). The van der Waals surface area contributed by atoms with Crippen molar-refractivity contribution in [1.82, 2.24) is 0 Å². The van der Waals surface area contributed by atoms with Gasteiger partial charge in [-0.1, -0.05) is 22.0 Å². The predicted molar refractivity (Wildman–Crippen MR) is 73.1 cm³/mol. The molecule has 1 fully saturated rings. The highest BCUT2D eigenvalue weighted by molar-refractivity contribution is 9.10. The van der Waals surface area contributed by atoms with Crippen molar-refractivity contribution in [3.8, 4) is 0 Å². The minimum Gasteiger partial charge on any atom is -0.381 e. The lowest BCUT2D eigenvalue weighted by molar-refractivity contribution is -0.385. The smallest absolute Gasteiger partial charge is 0.273 e. The number of nitrogens with zero attached hydrogens (tertiary/aromatic N) is 1. The number of nitro groups is 1. The Hall–Kier alpha value is -0.650. The van der Waals surface area contributed by atoms with E-state index in [1.807, 2.05) is 6.07 Å². The molecule has 1 aliphatic heterocycles. The summed E-state index contributed by atoms with van der Waals surface area (Å²) in [4.78, 5) is 10.7. The first-order valence-corrected chi connectivity index (χ1v) is 6.95. The van der Waals surface area contributed by atoms with Gasteiger partial charge in [0.05, 0.1) is 11.5 Å². The summed E-state index contributed by atoms with van der Waals surface area (Å²) in [7, 11) is 0.